The van der Waals surface area contributed by atoms with Gasteiger partial charge in [0.2, 0.25) is 0 Å². The third kappa shape index (κ3) is 44.1. The molecule has 2 N–H and O–H groups in total. The van der Waals surface area contributed by atoms with Crippen molar-refractivity contribution in [2.45, 2.75) is 213 Å². The molecular weight excluding hydrogens is 832 g/mol. The second-order valence-corrected chi connectivity index (χ2v) is 17.7. The molecule has 0 amide bonds. The molecule has 0 rings (SSSR count). The van der Waals surface area contributed by atoms with Crippen molar-refractivity contribution >= 4 is 25.7 Å². The lowest BCUT2D eigenvalue weighted by Gasteiger charge is -2.21. The van der Waals surface area contributed by atoms with Crippen molar-refractivity contribution in [1.29, 1.82) is 0 Å². The Kier molecular flexibility index (Phi) is 44.2. The molecule has 0 aromatic rings. The highest BCUT2D eigenvalue weighted by Gasteiger charge is 2.28. The third-order valence-corrected chi connectivity index (χ3v) is 11.1. The predicted molar refractivity (Wildman–Crippen MR) is 261 cm³/mol. The summed E-state index contributed by atoms with van der Waals surface area (Å²) in [5.74, 6) is -1.53. The molecule has 0 aliphatic rings. The van der Waals surface area contributed by atoms with Crippen LogP contribution in [-0.4, -0.2) is 66.5 Å². The Hall–Kier alpha value is -3.08. The highest BCUT2D eigenvalue weighted by molar-refractivity contribution is 7.47. The lowest BCUT2D eigenvalue weighted by Crippen LogP contribution is -2.30. The average Bonchev–Trinajstić information content (AvgIpc) is 3.28. The number of phosphoric ester groups is 1. The van der Waals surface area contributed by atoms with Gasteiger partial charge < -0.3 is 24.2 Å². The summed E-state index contributed by atoms with van der Waals surface area (Å²) in [6, 6.07) is 0. The van der Waals surface area contributed by atoms with Crippen LogP contribution >= 0.6 is 7.82 Å². The van der Waals surface area contributed by atoms with E-state index in [4.69, 9.17) is 23.3 Å². The minimum atomic E-state index is -4.75. The quantitative estimate of drug-likeness (QED) is 0.0197. The van der Waals surface area contributed by atoms with Gasteiger partial charge in [-0.05, 0) is 83.5 Å². The van der Waals surface area contributed by atoms with E-state index in [-0.39, 0.29) is 25.9 Å². The van der Waals surface area contributed by atoms with Gasteiger partial charge in [-0.2, -0.15) is 0 Å². The highest BCUT2D eigenvalue weighted by Crippen LogP contribution is 2.43. The summed E-state index contributed by atoms with van der Waals surface area (Å²) >= 11 is 0. The lowest BCUT2D eigenvalue weighted by molar-refractivity contribution is -0.161. The van der Waals surface area contributed by atoms with Crippen LogP contribution in [0, 0.1) is 0 Å². The van der Waals surface area contributed by atoms with E-state index in [1.54, 1.807) is 0 Å². The zero-order valence-electron chi connectivity index (χ0n) is 40.2. The number of unbranched alkanes of at least 4 members (excludes halogenated alkanes) is 16. The van der Waals surface area contributed by atoms with Gasteiger partial charge in [0, 0.05) is 19.3 Å². The van der Waals surface area contributed by atoms with E-state index in [1.807, 2.05) is 0 Å². The molecule has 0 bridgehead atoms. The number of carbonyl (C=O) groups excluding carboxylic acids is 3. The largest absolute Gasteiger partial charge is 0.472 e. The number of allylic oxidation sites excluding steroid dienone is 12. The smallest absolute Gasteiger partial charge is 0.462 e. The van der Waals surface area contributed by atoms with Gasteiger partial charge in [0.1, 0.15) is 12.7 Å². The van der Waals surface area contributed by atoms with Crippen LogP contribution in [0.5, 0.6) is 0 Å². The maximum absolute atomic E-state index is 12.8. The number of hydrogen-bond donors (Lipinski definition) is 2. The second-order valence-electron chi connectivity index (χ2n) is 16.2. The molecular formula is C52H89O11P. The van der Waals surface area contributed by atoms with Crippen LogP contribution in [0.2, 0.25) is 0 Å². The van der Waals surface area contributed by atoms with Gasteiger partial charge >= 0.3 is 25.7 Å². The lowest BCUT2D eigenvalue weighted by atomic mass is 10.1. The van der Waals surface area contributed by atoms with Crippen LogP contribution < -0.4 is 0 Å². The molecule has 0 fully saturated rings. The number of aliphatic hydroxyl groups is 1. The molecule has 0 aliphatic heterocycles. The maximum atomic E-state index is 12.8. The second kappa shape index (κ2) is 46.4. The molecule has 3 unspecified atom stereocenters. The first-order valence-corrected chi connectivity index (χ1v) is 26.3. The highest BCUT2D eigenvalue weighted by atomic mass is 31.2. The average molecular weight is 921 g/mol. The number of hydrogen-bond acceptors (Lipinski definition) is 10. The molecule has 0 heterocycles. The summed E-state index contributed by atoms with van der Waals surface area (Å²) in [7, 11) is -4.75. The van der Waals surface area contributed by atoms with Crippen LogP contribution in [0.4, 0.5) is 0 Å². The molecule has 0 radical (unpaired) electrons. The molecule has 3 atom stereocenters. The van der Waals surface area contributed by atoms with E-state index in [2.05, 4.69) is 93.7 Å². The SMILES string of the molecule is CC/C=C\C/C=C\C/C=C\CCCCCCCC(=O)OCC(COP(=O)(O)OCC(CO)OC(=O)CCCCCCCCCCC)OC(=O)CCCCC/C=C\C/C=C\C/C=C\CC. The summed E-state index contributed by atoms with van der Waals surface area (Å²) in [6.45, 7) is 4.31. The Balaban J connectivity index is 4.82. The Morgan fingerprint density at radius 2 is 0.812 bits per heavy atom. The first-order valence-electron chi connectivity index (χ1n) is 24.8. The zero-order valence-corrected chi connectivity index (χ0v) is 41.1. The molecule has 12 heteroatoms. The molecule has 0 aromatic carbocycles. The molecule has 0 aliphatic carbocycles. The molecule has 0 saturated carbocycles. The van der Waals surface area contributed by atoms with Crippen molar-refractivity contribution < 1.29 is 52.2 Å². The molecule has 368 valence electrons. The normalized spacial score (nSPS) is 14.1. The maximum Gasteiger partial charge on any atom is 0.472 e. The zero-order chi connectivity index (χ0) is 47.0. The van der Waals surface area contributed by atoms with E-state index in [1.165, 1.54) is 32.1 Å². The van der Waals surface area contributed by atoms with Gasteiger partial charge in [0.25, 0.3) is 0 Å². The van der Waals surface area contributed by atoms with Gasteiger partial charge in [0.15, 0.2) is 6.10 Å². The van der Waals surface area contributed by atoms with Crippen molar-refractivity contribution in [3.8, 4) is 0 Å². The number of ether oxygens (including phenoxy) is 3. The first kappa shape index (κ1) is 60.9. The molecule has 11 nitrogen and oxygen atoms in total. The molecule has 0 spiro atoms. The third-order valence-electron chi connectivity index (χ3n) is 10.1. The van der Waals surface area contributed by atoms with Gasteiger partial charge in [-0.1, -0.05) is 171 Å². The number of phosphoric acid groups is 1. The summed E-state index contributed by atoms with van der Waals surface area (Å²) in [5, 5.41) is 9.73. The van der Waals surface area contributed by atoms with Crippen molar-refractivity contribution in [2.24, 2.45) is 0 Å². The van der Waals surface area contributed by atoms with E-state index in [0.717, 1.165) is 109 Å². The Bertz CT molecular complexity index is 1350. The van der Waals surface area contributed by atoms with Crippen LogP contribution in [0.3, 0.4) is 0 Å². The Morgan fingerprint density at radius 3 is 1.27 bits per heavy atom. The van der Waals surface area contributed by atoms with Crippen LogP contribution in [0.25, 0.3) is 0 Å². The summed E-state index contributed by atoms with van der Waals surface area (Å²) in [6.07, 6.45) is 48.9. The number of carbonyl (C=O) groups is 3. The van der Waals surface area contributed by atoms with Gasteiger partial charge in [-0.3, -0.25) is 23.4 Å². The van der Waals surface area contributed by atoms with Gasteiger partial charge in [-0.15, -0.1) is 0 Å². The Labute approximate surface area is 388 Å². The molecule has 0 aromatic heterocycles. The van der Waals surface area contributed by atoms with E-state index < -0.39 is 57.8 Å². The Morgan fingerprint density at radius 1 is 0.453 bits per heavy atom. The van der Waals surface area contributed by atoms with Crippen LogP contribution in [0.15, 0.2) is 72.9 Å². The first-order chi connectivity index (χ1) is 31.2. The van der Waals surface area contributed by atoms with Crippen molar-refractivity contribution in [3.63, 3.8) is 0 Å². The standard InChI is InChI=1S/C52H89O11P/c1-4-7-10-13-16-19-21-23-24-26-27-30-32-35-38-41-50(54)59-45-49(63-52(56)43-40-37-34-31-28-25-22-20-17-14-11-8-5-2)47-61-64(57,58)60-46-48(44-53)62-51(55)42-39-36-33-29-18-15-12-9-6-3/h7-8,10-11,16-17,19-20,23-25,28,48-49,53H,4-6,9,12-15,18,21-22,26-27,29-47H2,1-3H3,(H,57,58)/b10-7-,11-8-,19-16-,20-17-,24-23-,28-25-. The number of aliphatic hydroxyl groups excluding tert-OH is 1. The van der Waals surface area contributed by atoms with Crippen molar-refractivity contribution in [3.05, 3.63) is 72.9 Å². The van der Waals surface area contributed by atoms with Crippen LogP contribution in [-0.2, 0) is 42.2 Å². The van der Waals surface area contributed by atoms with Crippen molar-refractivity contribution in [2.75, 3.05) is 26.4 Å². The fourth-order valence-electron chi connectivity index (χ4n) is 6.38. The fraction of sp³-hybridized carbons (Fsp3) is 0.712. The van der Waals surface area contributed by atoms with E-state index >= 15 is 0 Å². The predicted octanol–water partition coefficient (Wildman–Crippen LogP) is 13.8. The summed E-state index contributed by atoms with van der Waals surface area (Å²) in [4.78, 5) is 48.1. The van der Waals surface area contributed by atoms with E-state index in [9.17, 15) is 28.9 Å². The van der Waals surface area contributed by atoms with E-state index in [0.29, 0.717) is 19.3 Å². The monoisotopic (exact) mass is 921 g/mol. The number of esters is 3. The molecule has 0 saturated heterocycles. The van der Waals surface area contributed by atoms with Gasteiger partial charge in [0.05, 0.1) is 19.8 Å². The fourth-order valence-corrected chi connectivity index (χ4v) is 7.17. The van der Waals surface area contributed by atoms with Crippen molar-refractivity contribution in [1.82, 2.24) is 0 Å². The molecule has 64 heavy (non-hydrogen) atoms. The minimum absolute atomic E-state index is 0.127. The minimum Gasteiger partial charge on any atom is -0.462 e. The van der Waals surface area contributed by atoms with Gasteiger partial charge in [-0.25, -0.2) is 4.57 Å². The summed E-state index contributed by atoms with van der Waals surface area (Å²) in [5.41, 5.74) is 0. The topological polar surface area (TPSA) is 155 Å². The summed E-state index contributed by atoms with van der Waals surface area (Å²) < 4.78 is 39.2. The number of rotatable bonds is 45. The van der Waals surface area contributed by atoms with Crippen LogP contribution in [0.1, 0.15) is 201 Å².